The van der Waals surface area contributed by atoms with E-state index in [0.717, 1.165) is 0 Å². The van der Waals surface area contributed by atoms with Gasteiger partial charge in [-0.2, -0.15) is 0 Å². The predicted octanol–water partition coefficient (Wildman–Crippen LogP) is 0.548. The molecule has 5 nitrogen and oxygen atoms in total. The van der Waals surface area contributed by atoms with Crippen molar-refractivity contribution >= 4 is 15.8 Å². The molecule has 0 unspecified atom stereocenters. The molecule has 1 rings (SSSR count). The third-order valence-corrected chi connectivity index (χ3v) is 3.77. The fourth-order valence-electron chi connectivity index (χ4n) is 1.25. The summed E-state index contributed by atoms with van der Waals surface area (Å²) in [6, 6.07) is 5.21. The molecule has 0 saturated heterocycles. The number of ketones is 1. The number of Topliss-reactive ketones (excluding diaryl/α,β-unsaturated/α-hetero) is 1. The summed E-state index contributed by atoms with van der Waals surface area (Å²) in [5.41, 5.74) is 0.338. The van der Waals surface area contributed by atoms with Gasteiger partial charge in [0.15, 0.2) is 5.78 Å². The number of benzene rings is 1. The van der Waals surface area contributed by atoms with Gasteiger partial charge in [-0.15, -0.1) is 0 Å². The van der Waals surface area contributed by atoms with Crippen LogP contribution < -0.4 is 4.72 Å². The van der Waals surface area contributed by atoms with Crippen LogP contribution in [0.4, 0.5) is 0 Å². The molecule has 0 aliphatic heterocycles. The van der Waals surface area contributed by atoms with E-state index in [9.17, 15) is 13.2 Å². The van der Waals surface area contributed by atoms with Crippen molar-refractivity contribution in [1.29, 1.82) is 0 Å². The standard InChI is InChI=1S/C11H15NO4S/c1-8(7-13)12-17(15,16)11-5-3-4-10(6-11)9(2)14/h3-6,8,12-13H,7H2,1-2H3/t8-/m0/s1. The maximum atomic E-state index is 11.8. The molecule has 0 heterocycles. The number of aliphatic hydroxyl groups is 1. The Morgan fingerprint density at radius 3 is 2.65 bits per heavy atom. The zero-order chi connectivity index (χ0) is 13.1. The van der Waals surface area contributed by atoms with Crippen LogP contribution in [0.1, 0.15) is 24.2 Å². The van der Waals surface area contributed by atoms with Crippen molar-refractivity contribution in [2.75, 3.05) is 6.61 Å². The van der Waals surface area contributed by atoms with E-state index in [4.69, 9.17) is 5.11 Å². The quantitative estimate of drug-likeness (QED) is 0.754. The molecule has 0 bridgehead atoms. The second kappa shape index (κ2) is 5.39. The molecule has 0 aliphatic carbocycles. The summed E-state index contributed by atoms with van der Waals surface area (Å²) >= 11 is 0. The van der Waals surface area contributed by atoms with Gasteiger partial charge in [-0.1, -0.05) is 12.1 Å². The number of carbonyl (C=O) groups excluding carboxylic acids is 1. The lowest BCUT2D eigenvalue weighted by molar-refractivity contribution is 0.101. The zero-order valence-corrected chi connectivity index (χ0v) is 10.5. The molecule has 94 valence electrons. The molecular weight excluding hydrogens is 242 g/mol. The second-order valence-electron chi connectivity index (χ2n) is 3.79. The van der Waals surface area contributed by atoms with Gasteiger partial charge in [-0.3, -0.25) is 4.79 Å². The van der Waals surface area contributed by atoms with E-state index in [-0.39, 0.29) is 17.3 Å². The minimum absolute atomic E-state index is 0.0190. The largest absolute Gasteiger partial charge is 0.395 e. The SMILES string of the molecule is CC(=O)c1cccc(S(=O)(=O)N[C@@H](C)CO)c1. The van der Waals surface area contributed by atoms with Gasteiger partial charge in [-0.25, -0.2) is 13.1 Å². The van der Waals surface area contributed by atoms with Gasteiger partial charge in [-0.05, 0) is 26.0 Å². The van der Waals surface area contributed by atoms with Crippen LogP contribution in [0.15, 0.2) is 29.2 Å². The van der Waals surface area contributed by atoms with E-state index in [0.29, 0.717) is 5.56 Å². The van der Waals surface area contributed by atoms with Gasteiger partial charge in [0.05, 0.1) is 11.5 Å². The Morgan fingerprint density at radius 2 is 2.12 bits per heavy atom. The molecule has 0 fully saturated rings. The molecule has 0 saturated carbocycles. The number of sulfonamides is 1. The predicted molar refractivity (Wildman–Crippen MR) is 63.3 cm³/mol. The summed E-state index contributed by atoms with van der Waals surface area (Å²) in [4.78, 5) is 11.2. The Balaban J connectivity index is 3.07. The maximum absolute atomic E-state index is 11.8. The van der Waals surface area contributed by atoms with Crippen LogP contribution in [0.25, 0.3) is 0 Å². The van der Waals surface area contributed by atoms with Crippen molar-refractivity contribution in [2.45, 2.75) is 24.8 Å². The molecule has 0 spiro atoms. The molecule has 0 amide bonds. The molecule has 17 heavy (non-hydrogen) atoms. The number of carbonyl (C=O) groups is 1. The third kappa shape index (κ3) is 3.62. The van der Waals surface area contributed by atoms with Gasteiger partial charge < -0.3 is 5.11 Å². The van der Waals surface area contributed by atoms with Gasteiger partial charge in [0, 0.05) is 11.6 Å². The first kappa shape index (κ1) is 13.8. The Kier molecular flexibility index (Phi) is 4.39. The summed E-state index contributed by atoms with van der Waals surface area (Å²) in [5.74, 6) is -0.197. The first-order valence-corrected chi connectivity index (χ1v) is 6.59. The lowest BCUT2D eigenvalue weighted by atomic mass is 10.2. The fourth-order valence-corrected chi connectivity index (χ4v) is 2.53. The first-order chi connectivity index (χ1) is 7.86. The van der Waals surface area contributed by atoms with Gasteiger partial charge in [0.1, 0.15) is 0 Å². The van der Waals surface area contributed by atoms with Crippen molar-refractivity contribution in [1.82, 2.24) is 4.72 Å². The molecule has 6 heteroatoms. The van der Waals surface area contributed by atoms with Crippen molar-refractivity contribution in [2.24, 2.45) is 0 Å². The minimum atomic E-state index is -3.69. The van der Waals surface area contributed by atoms with Crippen molar-refractivity contribution in [3.05, 3.63) is 29.8 Å². The first-order valence-electron chi connectivity index (χ1n) is 5.11. The van der Waals surface area contributed by atoms with E-state index < -0.39 is 16.1 Å². The number of hydrogen-bond acceptors (Lipinski definition) is 4. The number of rotatable bonds is 5. The monoisotopic (exact) mass is 257 g/mol. The third-order valence-electron chi connectivity index (χ3n) is 2.18. The lowest BCUT2D eigenvalue weighted by Gasteiger charge is -2.11. The smallest absolute Gasteiger partial charge is 0.240 e. The van der Waals surface area contributed by atoms with Crippen molar-refractivity contribution in [3.8, 4) is 0 Å². The van der Waals surface area contributed by atoms with Crippen molar-refractivity contribution < 1.29 is 18.3 Å². The molecule has 1 aromatic carbocycles. The summed E-state index contributed by atoms with van der Waals surface area (Å²) in [6.45, 7) is 2.63. The summed E-state index contributed by atoms with van der Waals surface area (Å²) in [6.07, 6.45) is 0. The van der Waals surface area contributed by atoms with E-state index in [1.165, 1.54) is 25.1 Å². The topological polar surface area (TPSA) is 83.5 Å². The van der Waals surface area contributed by atoms with Gasteiger partial charge in [0.25, 0.3) is 0 Å². The van der Waals surface area contributed by atoms with Crippen LogP contribution in [0, 0.1) is 0 Å². The molecule has 0 aromatic heterocycles. The normalized spacial score (nSPS) is 13.4. The number of aliphatic hydroxyl groups excluding tert-OH is 1. The van der Waals surface area contributed by atoms with E-state index in [2.05, 4.69) is 4.72 Å². The number of nitrogens with one attached hydrogen (secondary N) is 1. The highest BCUT2D eigenvalue weighted by Gasteiger charge is 2.17. The average Bonchev–Trinajstić information content (AvgIpc) is 2.28. The van der Waals surface area contributed by atoms with Crippen LogP contribution in [0.2, 0.25) is 0 Å². The van der Waals surface area contributed by atoms with Crippen LogP contribution >= 0.6 is 0 Å². The van der Waals surface area contributed by atoms with Crippen LogP contribution in [-0.4, -0.2) is 32.0 Å². The molecule has 0 radical (unpaired) electrons. The average molecular weight is 257 g/mol. The van der Waals surface area contributed by atoms with Crippen LogP contribution in [0.3, 0.4) is 0 Å². The minimum Gasteiger partial charge on any atom is -0.395 e. The Labute approximate surface area is 101 Å². The highest BCUT2D eigenvalue weighted by Crippen LogP contribution is 2.12. The van der Waals surface area contributed by atoms with E-state index in [1.807, 2.05) is 0 Å². The van der Waals surface area contributed by atoms with E-state index in [1.54, 1.807) is 13.0 Å². The highest BCUT2D eigenvalue weighted by molar-refractivity contribution is 7.89. The molecule has 1 aromatic rings. The molecular formula is C11H15NO4S. The van der Waals surface area contributed by atoms with Gasteiger partial charge in [0.2, 0.25) is 10.0 Å². The Morgan fingerprint density at radius 1 is 1.47 bits per heavy atom. The Hall–Kier alpha value is -1.24. The summed E-state index contributed by atoms with van der Waals surface area (Å²) in [5, 5.41) is 8.81. The van der Waals surface area contributed by atoms with Crippen LogP contribution in [0.5, 0.6) is 0 Å². The fraction of sp³-hybridized carbons (Fsp3) is 0.364. The molecule has 0 aliphatic rings. The zero-order valence-electron chi connectivity index (χ0n) is 9.67. The van der Waals surface area contributed by atoms with Crippen molar-refractivity contribution in [3.63, 3.8) is 0 Å². The van der Waals surface area contributed by atoms with Gasteiger partial charge >= 0.3 is 0 Å². The number of hydrogen-bond donors (Lipinski definition) is 2. The highest BCUT2D eigenvalue weighted by atomic mass is 32.2. The maximum Gasteiger partial charge on any atom is 0.240 e. The Bertz CT molecular complexity index is 510. The summed E-state index contributed by atoms with van der Waals surface area (Å²) in [7, 11) is -3.69. The lowest BCUT2D eigenvalue weighted by Crippen LogP contribution is -2.35. The van der Waals surface area contributed by atoms with E-state index >= 15 is 0 Å². The molecule has 1 atom stereocenters. The summed E-state index contributed by atoms with van der Waals surface area (Å²) < 4.78 is 26.0. The molecule has 2 N–H and O–H groups in total. The second-order valence-corrected chi connectivity index (χ2v) is 5.50. The van der Waals surface area contributed by atoms with Crippen LogP contribution in [-0.2, 0) is 10.0 Å².